The van der Waals surface area contributed by atoms with E-state index in [1.165, 1.54) is 0 Å². The van der Waals surface area contributed by atoms with E-state index in [0.29, 0.717) is 78.8 Å². The van der Waals surface area contributed by atoms with E-state index in [-0.39, 0.29) is 11.7 Å². The molecule has 0 saturated heterocycles. The van der Waals surface area contributed by atoms with Crippen molar-refractivity contribution in [1.29, 1.82) is 0 Å². The SMILES string of the molecule is NCCOCCOCCOCCOCCC(=O)NCCc1c[nH]c2ccc(O)cc12. The van der Waals surface area contributed by atoms with Gasteiger partial charge in [0.05, 0.1) is 52.9 Å². The summed E-state index contributed by atoms with van der Waals surface area (Å²) in [7, 11) is 0. The van der Waals surface area contributed by atoms with Crippen molar-refractivity contribution in [2.75, 3.05) is 65.9 Å². The number of phenolic OH excluding ortho intramolecular Hbond substituents is 1. The van der Waals surface area contributed by atoms with Gasteiger partial charge in [0.25, 0.3) is 0 Å². The molecule has 1 amide bonds. The second kappa shape index (κ2) is 14.8. The summed E-state index contributed by atoms with van der Waals surface area (Å²) < 4.78 is 21.3. The van der Waals surface area contributed by atoms with Gasteiger partial charge in [0.2, 0.25) is 5.91 Å². The normalized spacial score (nSPS) is 11.2. The van der Waals surface area contributed by atoms with Crippen LogP contribution in [0.2, 0.25) is 0 Å². The van der Waals surface area contributed by atoms with Crippen LogP contribution < -0.4 is 11.1 Å². The zero-order valence-electron chi connectivity index (χ0n) is 17.4. The molecule has 0 bridgehead atoms. The van der Waals surface area contributed by atoms with Crippen molar-refractivity contribution in [2.24, 2.45) is 5.73 Å². The van der Waals surface area contributed by atoms with Crippen LogP contribution in [0.4, 0.5) is 0 Å². The van der Waals surface area contributed by atoms with Gasteiger partial charge in [-0.25, -0.2) is 0 Å². The summed E-state index contributed by atoms with van der Waals surface area (Å²) in [6, 6.07) is 5.20. The molecule has 0 atom stereocenters. The highest BCUT2D eigenvalue weighted by Gasteiger charge is 2.06. The molecule has 2 aromatic rings. The first-order valence-corrected chi connectivity index (χ1v) is 10.3. The summed E-state index contributed by atoms with van der Waals surface area (Å²) in [5, 5.41) is 13.5. The van der Waals surface area contributed by atoms with Crippen LogP contribution in [0.5, 0.6) is 5.75 Å². The van der Waals surface area contributed by atoms with Gasteiger partial charge >= 0.3 is 0 Å². The molecule has 1 aromatic heterocycles. The third kappa shape index (κ3) is 9.55. The Bertz CT molecular complexity index is 737. The van der Waals surface area contributed by atoms with Gasteiger partial charge in [-0.1, -0.05) is 0 Å². The highest BCUT2D eigenvalue weighted by Crippen LogP contribution is 2.22. The Kier molecular flexibility index (Phi) is 11.9. The molecule has 0 aliphatic heterocycles. The van der Waals surface area contributed by atoms with Crippen LogP contribution in [0.15, 0.2) is 24.4 Å². The molecule has 0 saturated carbocycles. The average Bonchev–Trinajstić information content (AvgIpc) is 3.13. The first-order valence-electron chi connectivity index (χ1n) is 10.3. The minimum atomic E-state index is -0.0520. The van der Waals surface area contributed by atoms with Gasteiger partial charge in [0, 0.05) is 36.6 Å². The molecule has 0 aliphatic rings. The number of H-pyrrole nitrogens is 1. The fourth-order valence-corrected chi connectivity index (χ4v) is 2.81. The van der Waals surface area contributed by atoms with Gasteiger partial charge in [-0.3, -0.25) is 4.79 Å². The third-order valence-corrected chi connectivity index (χ3v) is 4.32. The van der Waals surface area contributed by atoms with E-state index in [9.17, 15) is 9.90 Å². The fraction of sp³-hybridized carbons (Fsp3) is 0.571. The van der Waals surface area contributed by atoms with E-state index in [2.05, 4.69) is 10.3 Å². The Morgan fingerprint density at radius 1 is 0.967 bits per heavy atom. The van der Waals surface area contributed by atoms with Crippen LogP contribution in [0.3, 0.4) is 0 Å². The second-order valence-electron chi connectivity index (χ2n) is 6.63. The molecule has 5 N–H and O–H groups in total. The Morgan fingerprint density at radius 3 is 2.27 bits per heavy atom. The number of aromatic amines is 1. The van der Waals surface area contributed by atoms with Crippen molar-refractivity contribution in [1.82, 2.24) is 10.3 Å². The summed E-state index contributed by atoms with van der Waals surface area (Å²) in [6.45, 7) is 4.90. The maximum Gasteiger partial charge on any atom is 0.222 e. The number of rotatable bonds is 17. The lowest BCUT2D eigenvalue weighted by Gasteiger charge is -2.08. The molecule has 0 radical (unpaired) electrons. The van der Waals surface area contributed by atoms with Crippen molar-refractivity contribution < 1.29 is 28.8 Å². The van der Waals surface area contributed by atoms with Crippen molar-refractivity contribution in [3.8, 4) is 5.75 Å². The lowest BCUT2D eigenvalue weighted by Crippen LogP contribution is -2.26. The number of fused-ring (bicyclic) bond motifs is 1. The van der Waals surface area contributed by atoms with Crippen LogP contribution in [-0.4, -0.2) is 81.9 Å². The lowest BCUT2D eigenvalue weighted by atomic mass is 10.1. The number of phenols is 1. The van der Waals surface area contributed by atoms with E-state index < -0.39 is 0 Å². The summed E-state index contributed by atoms with van der Waals surface area (Å²) in [4.78, 5) is 15.0. The minimum absolute atomic E-state index is 0.0520. The minimum Gasteiger partial charge on any atom is -0.508 e. The Hall–Kier alpha value is -2.17. The van der Waals surface area contributed by atoms with Crippen molar-refractivity contribution >= 4 is 16.8 Å². The maximum atomic E-state index is 11.9. The number of aromatic nitrogens is 1. The third-order valence-electron chi connectivity index (χ3n) is 4.32. The van der Waals surface area contributed by atoms with Gasteiger partial charge in [0.1, 0.15) is 5.75 Å². The molecule has 2 rings (SSSR count). The number of carbonyl (C=O) groups is 1. The molecule has 0 fully saturated rings. The molecule has 9 nitrogen and oxygen atoms in total. The number of amides is 1. The second-order valence-corrected chi connectivity index (χ2v) is 6.63. The zero-order valence-corrected chi connectivity index (χ0v) is 17.4. The highest BCUT2D eigenvalue weighted by molar-refractivity contribution is 5.84. The molecule has 0 spiro atoms. The van der Waals surface area contributed by atoms with E-state index in [0.717, 1.165) is 16.5 Å². The van der Waals surface area contributed by atoms with Crippen molar-refractivity contribution in [3.63, 3.8) is 0 Å². The molecule has 168 valence electrons. The Morgan fingerprint density at radius 2 is 1.60 bits per heavy atom. The number of benzene rings is 1. The van der Waals surface area contributed by atoms with Gasteiger partial charge in [0.15, 0.2) is 0 Å². The van der Waals surface area contributed by atoms with E-state index in [4.69, 9.17) is 24.7 Å². The molecule has 0 aliphatic carbocycles. The molecule has 9 heteroatoms. The molecule has 1 heterocycles. The molecular formula is C21H33N3O6. The monoisotopic (exact) mass is 423 g/mol. The van der Waals surface area contributed by atoms with Crippen LogP contribution in [0.1, 0.15) is 12.0 Å². The van der Waals surface area contributed by atoms with Crippen molar-refractivity contribution in [3.05, 3.63) is 30.0 Å². The molecule has 0 unspecified atom stereocenters. The molecule has 30 heavy (non-hydrogen) atoms. The smallest absolute Gasteiger partial charge is 0.222 e. The Balaban J connectivity index is 1.41. The maximum absolute atomic E-state index is 11.9. The van der Waals surface area contributed by atoms with Gasteiger partial charge in [-0.2, -0.15) is 0 Å². The summed E-state index contributed by atoms with van der Waals surface area (Å²) in [5.41, 5.74) is 7.33. The van der Waals surface area contributed by atoms with Gasteiger partial charge in [-0.15, -0.1) is 0 Å². The van der Waals surface area contributed by atoms with Crippen LogP contribution in [0, 0.1) is 0 Å². The Labute approximate surface area is 176 Å². The topological polar surface area (TPSA) is 128 Å². The lowest BCUT2D eigenvalue weighted by molar-refractivity contribution is -0.122. The summed E-state index contributed by atoms with van der Waals surface area (Å²) in [6.07, 6.45) is 2.89. The number of hydrogen-bond donors (Lipinski definition) is 4. The van der Waals surface area contributed by atoms with Crippen molar-refractivity contribution in [2.45, 2.75) is 12.8 Å². The van der Waals surface area contributed by atoms with Crippen LogP contribution in [0.25, 0.3) is 10.9 Å². The molecular weight excluding hydrogens is 390 g/mol. The summed E-state index contributed by atoms with van der Waals surface area (Å²) in [5.74, 6) is 0.179. The number of nitrogens with one attached hydrogen (secondary N) is 2. The highest BCUT2D eigenvalue weighted by atomic mass is 16.6. The van der Waals surface area contributed by atoms with Gasteiger partial charge in [-0.05, 0) is 30.2 Å². The number of carbonyl (C=O) groups excluding carboxylic acids is 1. The first-order chi connectivity index (χ1) is 14.7. The summed E-state index contributed by atoms with van der Waals surface area (Å²) >= 11 is 0. The zero-order chi connectivity index (χ0) is 21.4. The number of ether oxygens (including phenoxy) is 4. The van der Waals surface area contributed by atoms with Gasteiger partial charge < -0.3 is 40.1 Å². The number of aromatic hydroxyl groups is 1. The van der Waals surface area contributed by atoms with E-state index >= 15 is 0 Å². The first kappa shape index (κ1) is 24.1. The van der Waals surface area contributed by atoms with E-state index in [1.807, 2.05) is 12.3 Å². The predicted octanol–water partition coefficient (Wildman–Crippen LogP) is 0.947. The number of hydrogen-bond acceptors (Lipinski definition) is 7. The number of nitrogens with two attached hydrogens (primary N) is 1. The van der Waals surface area contributed by atoms with E-state index in [1.54, 1.807) is 12.1 Å². The largest absolute Gasteiger partial charge is 0.508 e. The molecule has 1 aromatic carbocycles. The predicted molar refractivity (Wildman–Crippen MR) is 114 cm³/mol. The van der Waals surface area contributed by atoms with Crippen LogP contribution >= 0.6 is 0 Å². The quantitative estimate of drug-likeness (QED) is 0.279. The average molecular weight is 424 g/mol. The standard InChI is InChI=1S/C21H33N3O6/c22-5-8-28-10-12-30-14-13-29-11-9-27-7-4-21(26)23-6-3-17-16-24-20-2-1-18(25)15-19(17)20/h1-2,15-16,24-25H,3-14,22H2,(H,23,26). The van der Waals surface area contributed by atoms with Crippen LogP contribution in [-0.2, 0) is 30.2 Å². The fourth-order valence-electron chi connectivity index (χ4n) is 2.81.